The minimum Gasteiger partial charge on any atom is -0.369 e. The van der Waals surface area contributed by atoms with E-state index in [4.69, 9.17) is 17.4 Å². The Bertz CT molecular complexity index is 244. The number of halogens is 2. The Kier molecular flexibility index (Phi) is 6.62. The maximum atomic E-state index is 5.67. The van der Waals surface area contributed by atoms with Crippen molar-refractivity contribution in [3.63, 3.8) is 0 Å². The Morgan fingerprint density at radius 1 is 1.38 bits per heavy atom. The summed E-state index contributed by atoms with van der Waals surface area (Å²) in [6, 6.07) is 5.42. The van der Waals surface area contributed by atoms with E-state index in [0.29, 0.717) is 11.7 Å². The highest BCUT2D eigenvalue weighted by Gasteiger charge is 1.92. The fraction of sp³-hybridized carbons (Fsp3) is 0.286. The van der Waals surface area contributed by atoms with E-state index < -0.39 is 0 Å². The van der Waals surface area contributed by atoms with Crippen LogP contribution in [0.4, 0.5) is 5.82 Å². The predicted molar refractivity (Wildman–Crippen MR) is 57.2 cm³/mol. The first kappa shape index (κ1) is 12.4. The molecule has 1 aromatic rings. The number of rotatable bonds is 4. The third kappa shape index (κ3) is 4.90. The molecular formula is C7H12Cl2N4. The minimum absolute atomic E-state index is 0. The van der Waals surface area contributed by atoms with Crippen LogP contribution in [0.3, 0.4) is 0 Å². The van der Waals surface area contributed by atoms with E-state index in [1.807, 2.05) is 12.1 Å². The van der Waals surface area contributed by atoms with E-state index in [2.05, 4.69) is 15.7 Å². The second-order valence-electron chi connectivity index (χ2n) is 2.23. The number of anilines is 1. The molecule has 0 radical (unpaired) electrons. The molecule has 0 amide bonds. The molecule has 0 unspecified atom stereocenters. The normalized spacial score (nSPS) is 9.08. The van der Waals surface area contributed by atoms with Crippen LogP contribution >= 0.6 is 24.0 Å². The lowest BCUT2D eigenvalue weighted by Crippen LogP contribution is -2.28. The summed E-state index contributed by atoms with van der Waals surface area (Å²) < 4.78 is 0. The maximum absolute atomic E-state index is 5.67. The van der Waals surface area contributed by atoms with Gasteiger partial charge in [-0.3, -0.25) is 11.3 Å². The average molecular weight is 223 g/mol. The topological polar surface area (TPSA) is 63.0 Å². The number of hydrogen-bond donors (Lipinski definition) is 3. The Balaban J connectivity index is 0.00000144. The van der Waals surface area contributed by atoms with Crippen LogP contribution in [0.1, 0.15) is 0 Å². The zero-order chi connectivity index (χ0) is 8.81. The van der Waals surface area contributed by atoms with Crippen molar-refractivity contribution in [1.29, 1.82) is 0 Å². The molecule has 6 heteroatoms. The van der Waals surface area contributed by atoms with Crippen LogP contribution in [0.5, 0.6) is 0 Å². The molecule has 0 aromatic carbocycles. The van der Waals surface area contributed by atoms with Crippen LogP contribution in [0.15, 0.2) is 18.2 Å². The molecule has 1 aromatic heterocycles. The van der Waals surface area contributed by atoms with Gasteiger partial charge in [-0.25, -0.2) is 4.98 Å². The van der Waals surface area contributed by atoms with Crippen molar-refractivity contribution in [2.75, 3.05) is 18.4 Å². The summed E-state index contributed by atoms with van der Waals surface area (Å²) in [7, 11) is 0. The second kappa shape index (κ2) is 6.91. The summed E-state index contributed by atoms with van der Waals surface area (Å²) in [5.41, 5.74) is 2.53. The predicted octanol–water partition coefficient (Wildman–Crippen LogP) is 1.03. The summed E-state index contributed by atoms with van der Waals surface area (Å²) in [6.45, 7) is 1.41. The van der Waals surface area contributed by atoms with Crippen molar-refractivity contribution in [2.24, 2.45) is 5.84 Å². The van der Waals surface area contributed by atoms with Gasteiger partial charge in [-0.1, -0.05) is 17.7 Å². The van der Waals surface area contributed by atoms with E-state index in [1.165, 1.54) is 0 Å². The summed E-state index contributed by atoms with van der Waals surface area (Å²) in [6.07, 6.45) is 0. The third-order valence-corrected chi connectivity index (χ3v) is 1.50. The average Bonchev–Trinajstić information content (AvgIpc) is 2.05. The quantitative estimate of drug-likeness (QED) is 0.309. The van der Waals surface area contributed by atoms with Gasteiger partial charge in [-0.05, 0) is 12.1 Å². The first-order valence-electron chi connectivity index (χ1n) is 3.63. The third-order valence-electron chi connectivity index (χ3n) is 1.29. The van der Waals surface area contributed by atoms with Crippen LogP contribution in [-0.4, -0.2) is 18.1 Å². The van der Waals surface area contributed by atoms with E-state index in [0.717, 1.165) is 12.4 Å². The molecule has 0 spiro atoms. The lowest BCUT2D eigenvalue weighted by molar-refractivity contribution is 0.752. The number of nitrogens with two attached hydrogens (primary N) is 1. The molecule has 0 atom stereocenters. The van der Waals surface area contributed by atoms with E-state index in [9.17, 15) is 0 Å². The van der Waals surface area contributed by atoms with Crippen LogP contribution in [-0.2, 0) is 0 Å². The molecule has 1 rings (SSSR count). The van der Waals surface area contributed by atoms with Gasteiger partial charge in [-0.15, -0.1) is 12.4 Å². The first-order valence-corrected chi connectivity index (χ1v) is 4.00. The zero-order valence-corrected chi connectivity index (χ0v) is 8.53. The number of pyridine rings is 1. The standard InChI is InChI=1S/C7H11ClN4.ClH/c8-6-2-1-3-7(12-6)10-4-5-11-9;/h1-3,11H,4-5,9H2,(H,10,12);1H. The van der Waals surface area contributed by atoms with Crippen molar-refractivity contribution >= 4 is 29.8 Å². The molecule has 0 saturated heterocycles. The lowest BCUT2D eigenvalue weighted by atomic mass is 10.4. The summed E-state index contributed by atoms with van der Waals surface area (Å²) in [4.78, 5) is 4.03. The number of nitrogens with zero attached hydrogens (tertiary/aromatic N) is 1. The van der Waals surface area contributed by atoms with Gasteiger partial charge < -0.3 is 5.32 Å². The van der Waals surface area contributed by atoms with Crippen LogP contribution in [0.2, 0.25) is 5.15 Å². The Morgan fingerprint density at radius 2 is 2.15 bits per heavy atom. The fourth-order valence-corrected chi connectivity index (χ4v) is 0.933. The highest BCUT2D eigenvalue weighted by atomic mass is 35.5. The molecule has 0 fully saturated rings. The first-order chi connectivity index (χ1) is 5.83. The number of nitrogens with one attached hydrogen (secondary N) is 2. The summed E-state index contributed by atoms with van der Waals surface area (Å²) >= 11 is 5.67. The number of hydrazine groups is 1. The Morgan fingerprint density at radius 3 is 2.77 bits per heavy atom. The van der Waals surface area contributed by atoms with Gasteiger partial charge in [0.25, 0.3) is 0 Å². The lowest BCUT2D eigenvalue weighted by Gasteiger charge is -2.03. The number of hydrogen-bond acceptors (Lipinski definition) is 4. The van der Waals surface area contributed by atoms with E-state index in [1.54, 1.807) is 6.07 Å². The van der Waals surface area contributed by atoms with Gasteiger partial charge in [0.15, 0.2) is 0 Å². The molecule has 0 aliphatic rings. The summed E-state index contributed by atoms with van der Waals surface area (Å²) in [5, 5.41) is 3.54. The van der Waals surface area contributed by atoms with Crippen molar-refractivity contribution in [1.82, 2.24) is 10.4 Å². The molecule has 74 valence electrons. The molecule has 0 saturated carbocycles. The summed E-state index contributed by atoms with van der Waals surface area (Å²) in [5.74, 6) is 5.85. The van der Waals surface area contributed by atoms with Gasteiger partial charge in [0.2, 0.25) is 0 Å². The Hall–Kier alpha value is -0.550. The van der Waals surface area contributed by atoms with Gasteiger partial charge in [0.1, 0.15) is 11.0 Å². The molecule has 0 bridgehead atoms. The molecule has 4 N–H and O–H groups in total. The highest BCUT2D eigenvalue weighted by Crippen LogP contribution is 2.08. The smallest absolute Gasteiger partial charge is 0.131 e. The van der Waals surface area contributed by atoms with Gasteiger partial charge >= 0.3 is 0 Å². The highest BCUT2D eigenvalue weighted by molar-refractivity contribution is 6.29. The fourth-order valence-electron chi connectivity index (χ4n) is 0.769. The SMILES string of the molecule is Cl.NNCCNc1cccc(Cl)n1. The van der Waals surface area contributed by atoms with Gasteiger partial charge in [-0.2, -0.15) is 0 Å². The number of aromatic nitrogens is 1. The van der Waals surface area contributed by atoms with Crippen LogP contribution in [0.25, 0.3) is 0 Å². The van der Waals surface area contributed by atoms with E-state index >= 15 is 0 Å². The molecule has 0 aliphatic heterocycles. The van der Waals surface area contributed by atoms with Crippen molar-refractivity contribution in [2.45, 2.75) is 0 Å². The second-order valence-corrected chi connectivity index (χ2v) is 2.61. The van der Waals surface area contributed by atoms with E-state index in [-0.39, 0.29) is 12.4 Å². The molecule has 1 heterocycles. The van der Waals surface area contributed by atoms with Crippen molar-refractivity contribution in [3.05, 3.63) is 23.4 Å². The van der Waals surface area contributed by atoms with Crippen molar-refractivity contribution < 1.29 is 0 Å². The monoisotopic (exact) mass is 222 g/mol. The zero-order valence-electron chi connectivity index (χ0n) is 6.96. The molecule has 4 nitrogen and oxygen atoms in total. The van der Waals surface area contributed by atoms with Crippen LogP contribution in [0, 0.1) is 0 Å². The molecule has 0 aliphatic carbocycles. The minimum atomic E-state index is 0. The van der Waals surface area contributed by atoms with Gasteiger partial charge in [0, 0.05) is 13.1 Å². The van der Waals surface area contributed by atoms with Crippen molar-refractivity contribution in [3.8, 4) is 0 Å². The van der Waals surface area contributed by atoms with Crippen LogP contribution < -0.4 is 16.6 Å². The van der Waals surface area contributed by atoms with Gasteiger partial charge in [0.05, 0.1) is 0 Å². The maximum Gasteiger partial charge on any atom is 0.131 e. The molecular weight excluding hydrogens is 211 g/mol. The largest absolute Gasteiger partial charge is 0.369 e. The molecule has 13 heavy (non-hydrogen) atoms. The Labute approximate surface area is 88.2 Å².